The summed E-state index contributed by atoms with van der Waals surface area (Å²) < 4.78 is 5.20. The van der Waals surface area contributed by atoms with Crippen LogP contribution in [0.4, 0.5) is 0 Å². The highest BCUT2D eigenvalue weighted by Crippen LogP contribution is 2.10. The number of unbranched alkanes of at least 4 members (excludes halogenated alkanes) is 4. The van der Waals surface area contributed by atoms with Gasteiger partial charge in [-0.1, -0.05) is 62.6 Å². The van der Waals surface area contributed by atoms with E-state index in [9.17, 15) is 4.79 Å². The van der Waals surface area contributed by atoms with Gasteiger partial charge in [-0.05, 0) is 45.4 Å². The first-order chi connectivity index (χ1) is 11.2. The molecule has 1 atom stereocenters. The van der Waals surface area contributed by atoms with Crippen molar-refractivity contribution in [1.82, 2.24) is 0 Å². The van der Waals surface area contributed by atoms with Gasteiger partial charge in [-0.3, -0.25) is 0 Å². The minimum Gasteiger partial charge on any atom is -0.479 e. The van der Waals surface area contributed by atoms with Gasteiger partial charge in [-0.2, -0.15) is 0 Å². The standard InChI is InChI=1S/C20H34O3/c1-3-5-6-7-8-9-10-11-12-13-14-15-16-17-18-19(20(21)22)23-4-2/h5-6,8-9,11-12,19H,3-4,7,10,13-18H2,1-2H3,(H,21,22). The average molecular weight is 322 g/mol. The van der Waals surface area contributed by atoms with Crippen molar-refractivity contribution in [2.75, 3.05) is 6.61 Å². The van der Waals surface area contributed by atoms with Gasteiger partial charge in [0.2, 0.25) is 0 Å². The topological polar surface area (TPSA) is 46.5 Å². The SMILES string of the molecule is CCC=CCC=CCC=CCCCCCCC(OCC)C(=O)O. The van der Waals surface area contributed by atoms with Crippen molar-refractivity contribution in [1.29, 1.82) is 0 Å². The number of carbonyl (C=O) groups is 1. The average Bonchev–Trinajstić information content (AvgIpc) is 2.54. The van der Waals surface area contributed by atoms with Crippen LogP contribution in [0.5, 0.6) is 0 Å². The number of ether oxygens (including phenoxy) is 1. The van der Waals surface area contributed by atoms with Crippen LogP contribution in [0.15, 0.2) is 36.5 Å². The van der Waals surface area contributed by atoms with Crippen molar-refractivity contribution < 1.29 is 14.6 Å². The lowest BCUT2D eigenvalue weighted by atomic mass is 10.1. The van der Waals surface area contributed by atoms with Crippen LogP contribution in [0.1, 0.15) is 71.6 Å². The highest BCUT2D eigenvalue weighted by molar-refractivity contribution is 5.72. The molecular weight excluding hydrogens is 288 g/mol. The number of carboxylic acids is 1. The van der Waals surface area contributed by atoms with Crippen LogP contribution in [0.3, 0.4) is 0 Å². The highest BCUT2D eigenvalue weighted by Gasteiger charge is 2.15. The summed E-state index contributed by atoms with van der Waals surface area (Å²) in [5.74, 6) is -0.840. The summed E-state index contributed by atoms with van der Waals surface area (Å²) in [6.45, 7) is 4.44. The molecule has 132 valence electrons. The zero-order valence-corrected chi connectivity index (χ0v) is 14.9. The van der Waals surface area contributed by atoms with E-state index in [0.717, 1.165) is 44.9 Å². The van der Waals surface area contributed by atoms with Crippen LogP contribution in [0.2, 0.25) is 0 Å². The maximum Gasteiger partial charge on any atom is 0.332 e. The predicted molar refractivity (Wildman–Crippen MR) is 97.7 cm³/mol. The molecule has 1 unspecified atom stereocenters. The van der Waals surface area contributed by atoms with Crippen LogP contribution in [0.25, 0.3) is 0 Å². The minimum atomic E-state index is -0.840. The zero-order chi connectivity index (χ0) is 17.2. The maximum atomic E-state index is 10.9. The second-order valence-corrected chi connectivity index (χ2v) is 5.57. The molecule has 0 aromatic carbocycles. The largest absolute Gasteiger partial charge is 0.479 e. The van der Waals surface area contributed by atoms with Crippen LogP contribution < -0.4 is 0 Å². The second kappa shape index (κ2) is 17.0. The molecule has 1 N–H and O–H groups in total. The molecule has 0 saturated heterocycles. The first-order valence-corrected chi connectivity index (χ1v) is 9.01. The smallest absolute Gasteiger partial charge is 0.332 e. The molecule has 0 aromatic heterocycles. The maximum absolute atomic E-state index is 10.9. The minimum absolute atomic E-state index is 0.463. The fraction of sp³-hybridized carbons (Fsp3) is 0.650. The number of hydrogen-bond donors (Lipinski definition) is 1. The van der Waals surface area contributed by atoms with Crippen molar-refractivity contribution in [3.63, 3.8) is 0 Å². The summed E-state index contributed by atoms with van der Waals surface area (Å²) in [6.07, 6.45) is 21.8. The molecule has 0 radical (unpaired) electrons. The van der Waals surface area contributed by atoms with Crippen LogP contribution in [0, 0.1) is 0 Å². The molecule has 0 aliphatic rings. The van der Waals surface area contributed by atoms with Crippen LogP contribution in [-0.4, -0.2) is 23.8 Å². The number of carboxylic acid groups (broad SMARTS) is 1. The Balaban J connectivity index is 3.46. The number of aliphatic carboxylic acids is 1. The Morgan fingerprint density at radius 1 is 0.913 bits per heavy atom. The van der Waals surface area contributed by atoms with E-state index >= 15 is 0 Å². The Bertz CT molecular complexity index is 356. The quantitative estimate of drug-likeness (QED) is 0.312. The first-order valence-electron chi connectivity index (χ1n) is 9.01. The fourth-order valence-corrected chi connectivity index (χ4v) is 2.25. The summed E-state index contributed by atoms with van der Waals surface area (Å²) in [4.78, 5) is 10.9. The number of allylic oxidation sites excluding steroid dienone is 6. The highest BCUT2D eigenvalue weighted by atomic mass is 16.5. The van der Waals surface area contributed by atoms with E-state index in [0.29, 0.717) is 13.0 Å². The molecule has 0 spiro atoms. The summed E-state index contributed by atoms with van der Waals surface area (Å²) in [5, 5.41) is 8.96. The Morgan fingerprint density at radius 2 is 1.52 bits per heavy atom. The molecule has 0 saturated carbocycles. The lowest BCUT2D eigenvalue weighted by Crippen LogP contribution is -2.23. The van der Waals surface area contributed by atoms with Crippen molar-refractivity contribution in [2.45, 2.75) is 77.7 Å². The van der Waals surface area contributed by atoms with E-state index in [1.807, 2.05) is 6.92 Å². The number of hydrogen-bond acceptors (Lipinski definition) is 2. The van der Waals surface area contributed by atoms with Gasteiger partial charge in [0.15, 0.2) is 6.10 Å². The second-order valence-electron chi connectivity index (χ2n) is 5.57. The van der Waals surface area contributed by atoms with Gasteiger partial charge in [0.05, 0.1) is 0 Å². The third-order valence-electron chi connectivity index (χ3n) is 3.51. The van der Waals surface area contributed by atoms with Crippen molar-refractivity contribution in [3.8, 4) is 0 Å². The third-order valence-corrected chi connectivity index (χ3v) is 3.51. The Morgan fingerprint density at radius 3 is 2.13 bits per heavy atom. The monoisotopic (exact) mass is 322 g/mol. The molecular formula is C20H34O3. The molecule has 0 heterocycles. The summed E-state index contributed by atoms with van der Waals surface area (Å²) >= 11 is 0. The van der Waals surface area contributed by atoms with Gasteiger partial charge in [-0.25, -0.2) is 4.79 Å². The molecule has 3 heteroatoms. The van der Waals surface area contributed by atoms with Crippen molar-refractivity contribution >= 4 is 5.97 Å². The van der Waals surface area contributed by atoms with Gasteiger partial charge >= 0.3 is 5.97 Å². The van der Waals surface area contributed by atoms with Gasteiger partial charge in [0.25, 0.3) is 0 Å². The van der Waals surface area contributed by atoms with Gasteiger partial charge in [0.1, 0.15) is 0 Å². The zero-order valence-electron chi connectivity index (χ0n) is 14.9. The summed E-state index contributed by atoms with van der Waals surface area (Å²) in [7, 11) is 0. The van der Waals surface area contributed by atoms with Gasteiger partial charge in [0, 0.05) is 6.61 Å². The molecule has 23 heavy (non-hydrogen) atoms. The van der Waals surface area contributed by atoms with E-state index < -0.39 is 12.1 Å². The van der Waals surface area contributed by atoms with Crippen LogP contribution >= 0.6 is 0 Å². The summed E-state index contributed by atoms with van der Waals surface area (Å²) in [6, 6.07) is 0. The van der Waals surface area contributed by atoms with Gasteiger partial charge in [-0.15, -0.1) is 0 Å². The Hall–Kier alpha value is -1.35. The molecule has 0 aliphatic carbocycles. The molecule has 0 bridgehead atoms. The van der Waals surface area contributed by atoms with E-state index in [1.165, 1.54) is 6.42 Å². The molecule has 0 amide bonds. The van der Waals surface area contributed by atoms with E-state index in [4.69, 9.17) is 9.84 Å². The lowest BCUT2D eigenvalue weighted by molar-refractivity contribution is -0.150. The van der Waals surface area contributed by atoms with Gasteiger partial charge < -0.3 is 9.84 Å². The molecule has 0 fully saturated rings. The predicted octanol–water partition coefficient (Wildman–Crippen LogP) is 5.68. The van der Waals surface area contributed by atoms with Crippen molar-refractivity contribution in [3.05, 3.63) is 36.5 Å². The summed E-state index contributed by atoms with van der Waals surface area (Å²) in [5.41, 5.74) is 0. The fourth-order valence-electron chi connectivity index (χ4n) is 2.25. The molecule has 0 aliphatic heterocycles. The molecule has 0 rings (SSSR count). The molecule has 0 aromatic rings. The normalized spacial score (nSPS) is 13.5. The van der Waals surface area contributed by atoms with Crippen LogP contribution in [-0.2, 0) is 9.53 Å². The number of rotatable bonds is 15. The molecule has 3 nitrogen and oxygen atoms in total. The van der Waals surface area contributed by atoms with E-state index in [2.05, 4.69) is 43.4 Å². The Labute approximate surface area is 142 Å². The van der Waals surface area contributed by atoms with Crippen molar-refractivity contribution in [2.24, 2.45) is 0 Å². The van der Waals surface area contributed by atoms with E-state index in [1.54, 1.807) is 0 Å². The van der Waals surface area contributed by atoms with E-state index in [-0.39, 0.29) is 0 Å². The lowest BCUT2D eigenvalue weighted by Gasteiger charge is -2.11. The third kappa shape index (κ3) is 15.3. The first kappa shape index (κ1) is 21.6. The Kier molecular flexibility index (Phi) is 16.0.